The molecule has 1 aromatic rings. The molecule has 0 aromatic heterocycles. The van der Waals surface area contributed by atoms with Crippen molar-refractivity contribution in [2.45, 2.75) is 32.6 Å². The van der Waals surface area contributed by atoms with Gasteiger partial charge in [0.05, 0.1) is 5.71 Å². The van der Waals surface area contributed by atoms with Gasteiger partial charge in [0.2, 0.25) is 5.91 Å². The van der Waals surface area contributed by atoms with Crippen LogP contribution in [-0.4, -0.2) is 34.8 Å². The highest BCUT2D eigenvalue weighted by Gasteiger charge is 2.19. The number of benzene rings is 1. The minimum absolute atomic E-state index is 0.195. The topological polar surface area (TPSA) is 52.9 Å². The van der Waals surface area contributed by atoms with Crippen LogP contribution in [0.4, 0.5) is 0 Å². The van der Waals surface area contributed by atoms with Gasteiger partial charge in [0.25, 0.3) is 0 Å². The maximum atomic E-state index is 12.1. The first-order valence-electron chi connectivity index (χ1n) is 6.73. The number of hydrogen-bond donors (Lipinski definition) is 1. The summed E-state index contributed by atoms with van der Waals surface area (Å²) in [6, 6.07) is 8.18. The van der Waals surface area contributed by atoms with E-state index in [1.165, 1.54) is 11.1 Å². The van der Waals surface area contributed by atoms with Crippen molar-refractivity contribution >= 4 is 11.6 Å². The first-order valence-corrected chi connectivity index (χ1v) is 6.73. The third-order valence-electron chi connectivity index (χ3n) is 3.70. The normalized spacial score (nSPS) is 15.4. The molecule has 4 heteroatoms. The third kappa shape index (κ3) is 3.56. The molecule has 19 heavy (non-hydrogen) atoms. The van der Waals surface area contributed by atoms with Crippen molar-refractivity contribution in [3.63, 3.8) is 0 Å². The van der Waals surface area contributed by atoms with E-state index in [1.54, 1.807) is 0 Å². The molecule has 1 aliphatic heterocycles. The second kappa shape index (κ2) is 6.36. The van der Waals surface area contributed by atoms with Gasteiger partial charge in [0.15, 0.2) is 0 Å². The van der Waals surface area contributed by atoms with Gasteiger partial charge in [0.1, 0.15) is 0 Å². The Morgan fingerprint density at radius 1 is 1.32 bits per heavy atom. The Kier molecular flexibility index (Phi) is 4.55. The monoisotopic (exact) mass is 260 g/mol. The van der Waals surface area contributed by atoms with Gasteiger partial charge >= 0.3 is 0 Å². The van der Waals surface area contributed by atoms with Gasteiger partial charge in [-0.1, -0.05) is 29.4 Å². The Hall–Kier alpha value is -1.84. The number of likely N-dealkylation sites (tertiary alicyclic amines) is 1. The van der Waals surface area contributed by atoms with Gasteiger partial charge < -0.3 is 10.1 Å². The van der Waals surface area contributed by atoms with Crippen molar-refractivity contribution in [1.82, 2.24) is 4.90 Å². The molecule has 1 fully saturated rings. The molecule has 1 aromatic carbocycles. The first-order chi connectivity index (χ1) is 9.20. The summed E-state index contributed by atoms with van der Waals surface area (Å²) >= 11 is 0. The molecule has 0 bridgehead atoms. The van der Waals surface area contributed by atoms with Crippen LogP contribution in [0.5, 0.6) is 0 Å². The number of hydrogen-bond acceptors (Lipinski definition) is 3. The zero-order chi connectivity index (χ0) is 13.7. The SMILES string of the molecule is Cc1ccccc1CCC(=O)N1CCC(=NO)CC1. The Morgan fingerprint density at radius 3 is 2.63 bits per heavy atom. The van der Waals surface area contributed by atoms with Crippen LogP contribution in [0.25, 0.3) is 0 Å². The lowest BCUT2D eigenvalue weighted by Crippen LogP contribution is -2.38. The number of carbonyl (C=O) groups is 1. The standard InChI is InChI=1S/C15H20N2O2/c1-12-4-2-3-5-13(12)6-7-15(18)17-10-8-14(16-19)9-11-17/h2-5,19H,6-11H2,1H3. The minimum Gasteiger partial charge on any atom is -0.411 e. The third-order valence-corrected chi connectivity index (χ3v) is 3.70. The maximum Gasteiger partial charge on any atom is 0.222 e. The molecule has 0 saturated carbocycles. The molecular weight excluding hydrogens is 240 g/mol. The van der Waals surface area contributed by atoms with Crippen LogP contribution in [0, 0.1) is 6.92 Å². The van der Waals surface area contributed by atoms with Gasteiger partial charge in [0, 0.05) is 32.4 Å². The molecule has 1 amide bonds. The number of carbonyl (C=O) groups excluding carboxylic acids is 1. The van der Waals surface area contributed by atoms with Crippen molar-refractivity contribution in [3.05, 3.63) is 35.4 Å². The summed E-state index contributed by atoms with van der Waals surface area (Å²) in [5, 5.41) is 11.9. The summed E-state index contributed by atoms with van der Waals surface area (Å²) < 4.78 is 0. The molecule has 1 N–H and O–H groups in total. The predicted molar refractivity (Wildman–Crippen MR) is 74.5 cm³/mol. The quantitative estimate of drug-likeness (QED) is 0.670. The molecule has 2 rings (SSSR count). The second-order valence-corrected chi connectivity index (χ2v) is 4.97. The van der Waals surface area contributed by atoms with Crippen molar-refractivity contribution in [2.24, 2.45) is 5.16 Å². The molecule has 1 saturated heterocycles. The van der Waals surface area contributed by atoms with E-state index in [0.29, 0.717) is 32.4 Å². The molecule has 0 atom stereocenters. The minimum atomic E-state index is 0.195. The number of rotatable bonds is 3. The lowest BCUT2D eigenvalue weighted by atomic mass is 10.0. The van der Waals surface area contributed by atoms with E-state index in [1.807, 2.05) is 17.0 Å². The Morgan fingerprint density at radius 2 is 2.00 bits per heavy atom. The van der Waals surface area contributed by atoms with Crippen molar-refractivity contribution in [2.75, 3.05) is 13.1 Å². The van der Waals surface area contributed by atoms with Crippen LogP contribution in [0.3, 0.4) is 0 Å². The van der Waals surface area contributed by atoms with Crippen LogP contribution in [0.1, 0.15) is 30.4 Å². The van der Waals surface area contributed by atoms with Crippen LogP contribution in [0.2, 0.25) is 0 Å². The van der Waals surface area contributed by atoms with Crippen LogP contribution in [0.15, 0.2) is 29.4 Å². The Labute approximate surface area is 113 Å². The predicted octanol–water partition coefficient (Wildman–Crippen LogP) is 2.38. The van der Waals surface area contributed by atoms with Gasteiger partial charge in [-0.2, -0.15) is 0 Å². The first kappa shape index (κ1) is 13.6. The number of amides is 1. The fourth-order valence-corrected chi connectivity index (χ4v) is 2.40. The molecular formula is C15H20N2O2. The summed E-state index contributed by atoms with van der Waals surface area (Å²) in [7, 11) is 0. The van der Waals surface area contributed by atoms with Crippen molar-refractivity contribution in [3.8, 4) is 0 Å². The van der Waals surface area contributed by atoms with Gasteiger partial charge in [-0.05, 0) is 24.5 Å². The molecule has 1 aliphatic rings. The van der Waals surface area contributed by atoms with Crippen molar-refractivity contribution in [1.29, 1.82) is 0 Å². The highest BCUT2D eigenvalue weighted by Crippen LogP contribution is 2.13. The van der Waals surface area contributed by atoms with E-state index in [2.05, 4.69) is 24.2 Å². The van der Waals surface area contributed by atoms with Gasteiger partial charge in [-0.15, -0.1) is 0 Å². The maximum absolute atomic E-state index is 12.1. The average molecular weight is 260 g/mol. The smallest absolute Gasteiger partial charge is 0.222 e. The lowest BCUT2D eigenvalue weighted by Gasteiger charge is -2.27. The molecule has 4 nitrogen and oxygen atoms in total. The summed E-state index contributed by atoms with van der Waals surface area (Å²) in [5.41, 5.74) is 3.28. The van der Waals surface area contributed by atoms with E-state index in [9.17, 15) is 4.79 Å². The molecule has 0 spiro atoms. The molecule has 0 aliphatic carbocycles. The molecule has 1 heterocycles. The van der Waals surface area contributed by atoms with Crippen LogP contribution in [-0.2, 0) is 11.2 Å². The van der Waals surface area contributed by atoms with Crippen molar-refractivity contribution < 1.29 is 10.0 Å². The van der Waals surface area contributed by atoms with E-state index >= 15 is 0 Å². The van der Waals surface area contributed by atoms with E-state index < -0.39 is 0 Å². The molecule has 102 valence electrons. The summed E-state index contributed by atoms with van der Waals surface area (Å²) in [5.74, 6) is 0.195. The van der Waals surface area contributed by atoms with E-state index in [4.69, 9.17) is 5.21 Å². The summed E-state index contributed by atoms with van der Waals surface area (Å²) in [6.07, 6.45) is 2.72. The highest BCUT2D eigenvalue weighted by atomic mass is 16.4. The number of nitrogens with zero attached hydrogens (tertiary/aromatic N) is 2. The second-order valence-electron chi connectivity index (χ2n) is 4.97. The average Bonchev–Trinajstić information content (AvgIpc) is 2.46. The number of oxime groups is 1. The fraction of sp³-hybridized carbons (Fsp3) is 0.467. The van der Waals surface area contributed by atoms with E-state index in [-0.39, 0.29) is 5.91 Å². The fourth-order valence-electron chi connectivity index (χ4n) is 2.40. The largest absolute Gasteiger partial charge is 0.411 e. The molecule has 0 unspecified atom stereocenters. The summed E-state index contributed by atoms with van der Waals surface area (Å²) in [6.45, 7) is 3.42. The van der Waals surface area contributed by atoms with Gasteiger partial charge in [-0.3, -0.25) is 4.79 Å². The highest BCUT2D eigenvalue weighted by molar-refractivity contribution is 5.87. The van der Waals surface area contributed by atoms with Crippen LogP contribution >= 0.6 is 0 Å². The zero-order valence-corrected chi connectivity index (χ0v) is 11.3. The zero-order valence-electron chi connectivity index (χ0n) is 11.3. The molecule has 0 radical (unpaired) electrons. The Bertz CT molecular complexity index is 473. The Balaban J connectivity index is 1.84. The lowest BCUT2D eigenvalue weighted by molar-refractivity contribution is -0.131. The summed E-state index contributed by atoms with van der Waals surface area (Å²) in [4.78, 5) is 14.0. The number of piperidine rings is 1. The van der Waals surface area contributed by atoms with E-state index in [0.717, 1.165) is 12.1 Å². The van der Waals surface area contributed by atoms with Crippen LogP contribution < -0.4 is 0 Å². The number of aryl methyl sites for hydroxylation is 2. The van der Waals surface area contributed by atoms with Gasteiger partial charge in [-0.25, -0.2) is 0 Å².